The van der Waals surface area contributed by atoms with E-state index in [4.69, 9.17) is 4.74 Å². The Morgan fingerprint density at radius 3 is 2.15 bits per heavy atom. The number of nitrogens with one attached hydrogen (secondary N) is 1. The Labute approximate surface area is 158 Å². The zero-order valence-corrected chi connectivity index (χ0v) is 17.0. The second-order valence-corrected chi connectivity index (χ2v) is 9.50. The molecule has 1 aliphatic heterocycles. The number of ether oxygens (including phenoxy) is 1. The van der Waals surface area contributed by atoms with Gasteiger partial charge in [0.15, 0.2) is 0 Å². The fourth-order valence-corrected chi connectivity index (χ4v) is 3.81. The van der Waals surface area contributed by atoms with Gasteiger partial charge in [-0.05, 0) is 43.2 Å². The summed E-state index contributed by atoms with van der Waals surface area (Å²) in [4.78, 5) is 15.4. The Morgan fingerprint density at radius 1 is 1.08 bits per heavy atom. The molecule has 1 aromatic rings. The predicted octanol–water partition coefficient (Wildman–Crippen LogP) is 3.24. The maximum Gasteiger partial charge on any atom is 0.230 e. The molecule has 1 aliphatic carbocycles. The van der Waals surface area contributed by atoms with Gasteiger partial charge in [-0.3, -0.25) is 9.69 Å². The number of carbonyl (C=O) groups excluding carboxylic acids is 1. The molecule has 0 bridgehead atoms. The zero-order chi connectivity index (χ0) is 19.0. The highest BCUT2D eigenvalue weighted by Gasteiger charge is 2.51. The van der Waals surface area contributed by atoms with Crippen molar-refractivity contribution in [2.24, 2.45) is 0 Å². The van der Waals surface area contributed by atoms with E-state index < -0.39 is 0 Å². The highest BCUT2D eigenvalue weighted by atomic mass is 16.5. The van der Waals surface area contributed by atoms with E-state index >= 15 is 0 Å². The summed E-state index contributed by atoms with van der Waals surface area (Å²) in [6.07, 6.45) is 1.90. The first-order valence-electron chi connectivity index (χ1n) is 9.87. The van der Waals surface area contributed by atoms with Crippen LogP contribution in [-0.2, 0) is 20.4 Å². The fourth-order valence-electron chi connectivity index (χ4n) is 3.81. The van der Waals surface area contributed by atoms with Crippen molar-refractivity contribution in [3.8, 4) is 0 Å². The van der Waals surface area contributed by atoms with Crippen molar-refractivity contribution < 1.29 is 9.53 Å². The van der Waals surface area contributed by atoms with Crippen LogP contribution in [0.5, 0.6) is 0 Å². The van der Waals surface area contributed by atoms with Gasteiger partial charge in [0.2, 0.25) is 5.91 Å². The monoisotopic (exact) mass is 358 g/mol. The summed E-state index contributed by atoms with van der Waals surface area (Å²) in [5.41, 5.74) is 2.25. The molecule has 1 saturated heterocycles. The van der Waals surface area contributed by atoms with Crippen LogP contribution in [0.1, 0.15) is 58.6 Å². The summed E-state index contributed by atoms with van der Waals surface area (Å²) in [5, 5.41) is 3.24. The average molecular weight is 359 g/mol. The zero-order valence-electron chi connectivity index (χ0n) is 17.0. The van der Waals surface area contributed by atoms with E-state index in [2.05, 4.69) is 69.1 Å². The molecule has 4 heteroatoms. The standard InChI is InChI=1S/C22H34N2O2/c1-20(2,3)17-6-8-18(9-7-17)22(10-11-22)19(25)23-16-21(4,5)24-12-14-26-15-13-24/h6-9H,10-16H2,1-5H3,(H,23,25). The molecule has 1 heterocycles. The number of rotatable bonds is 5. The van der Waals surface area contributed by atoms with Gasteiger partial charge in [-0.2, -0.15) is 0 Å². The smallest absolute Gasteiger partial charge is 0.230 e. The number of carbonyl (C=O) groups is 1. The molecule has 4 nitrogen and oxygen atoms in total. The van der Waals surface area contributed by atoms with Crippen molar-refractivity contribution in [2.75, 3.05) is 32.8 Å². The Balaban J connectivity index is 1.64. The molecule has 1 saturated carbocycles. The summed E-state index contributed by atoms with van der Waals surface area (Å²) >= 11 is 0. The molecule has 0 unspecified atom stereocenters. The summed E-state index contributed by atoms with van der Waals surface area (Å²) in [7, 11) is 0. The van der Waals surface area contributed by atoms with Gasteiger partial charge in [0.05, 0.1) is 18.6 Å². The van der Waals surface area contributed by atoms with Crippen LogP contribution in [0.15, 0.2) is 24.3 Å². The van der Waals surface area contributed by atoms with Crippen molar-refractivity contribution in [1.82, 2.24) is 10.2 Å². The van der Waals surface area contributed by atoms with Gasteiger partial charge in [-0.25, -0.2) is 0 Å². The van der Waals surface area contributed by atoms with Crippen LogP contribution in [0, 0.1) is 0 Å². The van der Waals surface area contributed by atoms with Crippen molar-refractivity contribution in [3.63, 3.8) is 0 Å². The minimum Gasteiger partial charge on any atom is -0.379 e. The largest absolute Gasteiger partial charge is 0.379 e. The van der Waals surface area contributed by atoms with E-state index in [0.717, 1.165) is 44.7 Å². The lowest BCUT2D eigenvalue weighted by Crippen LogP contribution is -2.56. The van der Waals surface area contributed by atoms with E-state index in [-0.39, 0.29) is 22.3 Å². The number of nitrogens with zero attached hydrogens (tertiary/aromatic N) is 1. The molecular weight excluding hydrogens is 324 g/mol. The van der Waals surface area contributed by atoms with E-state index in [0.29, 0.717) is 6.54 Å². The van der Waals surface area contributed by atoms with E-state index in [9.17, 15) is 4.79 Å². The maximum absolute atomic E-state index is 13.0. The molecule has 1 N–H and O–H groups in total. The first-order chi connectivity index (χ1) is 12.2. The molecule has 144 valence electrons. The maximum atomic E-state index is 13.0. The van der Waals surface area contributed by atoms with Crippen LogP contribution in [0.25, 0.3) is 0 Å². The molecule has 1 aromatic carbocycles. The molecule has 1 amide bonds. The van der Waals surface area contributed by atoms with Crippen molar-refractivity contribution >= 4 is 5.91 Å². The van der Waals surface area contributed by atoms with Gasteiger partial charge >= 0.3 is 0 Å². The van der Waals surface area contributed by atoms with Crippen LogP contribution in [0.4, 0.5) is 0 Å². The minimum absolute atomic E-state index is 0.0500. The van der Waals surface area contributed by atoms with Crippen LogP contribution in [0.2, 0.25) is 0 Å². The second kappa shape index (κ2) is 6.97. The SMILES string of the molecule is CC(C)(C)c1ccc(C2(C(=O)NCC(C)(C)N3CCOCC3)CC2)cc1. The average Bonchev–Trinajstić information content (AvgIpc) is 3.42. The third-order valence-corrected chi connectivity index (χ3v) is 6.04. The van der Waals surface area contributed by atoms with Crippen LogP contribution < -0.4 is 5.32 Å². The molecule has 2 fully saturated rings. The van der Waals surface area contributed by atoms with Crippen LogP contribution in [0.3, 0.4) is 0 Å². The number of hydrogen-bond acceptors (Lipinski definition) is 3. The Bertz CT molecular complexity index is 633. The molecule has 0 aromatic heterocycles. The van der Waals surface area contributed by atoms with Gasteiger partial charge < -0.3 is 10.1 Å². The topological polar surface area (TPSA) is 41.6 Å². The first kappa shape index (κ1) is 19.4. The molecule has 2 aliphatic rings. The second-order valence-electron chi connectivity index (χ2n) is 9.50. The number of morpholine rings is 1. The molecule has 0 atom stereocenters. The lowest BCUT2D eigenvalue weighted by atomic mass is 9.85. The Hall–Kier alpha value is -1.39. The fraction of sp³-hybridized carbons (Fsp3) is 0.682. The Kier molecular flexibility index (Phi) is 5.19. The lowest BCUT2D eigenvalue weighted by molar-refractivity contribution is -0.124. The van der Waals surface area contributed by atoms with Gasteiger partial charge in [0.25, 0.3) is 0 Å². The van der Waals surface area contributed by atoms with Gasteiger partial charge in [0.1, 0.15) is 0 Å². The number of benzene rings is 1. The third-order valence-electron chi connectivity index (χ3n) is 6.04. The molecule has 26 heavy (non-hydrogen) atoms. The predicted molar refractivity (Wildman–Crippen MR) is 106 cm³/mol. The quantitative estimate of drug-likeness (QED) is 0.878. The normalized spacial score (nSPS) is 20.7. The minimum atomic E-state index is -0.308. The van der Waals surface area contributed by atoms with Crippen molar-refractivity contribution in [1.29, 1.82) is 0 Å². The van der Waals surface area contributed by atoms with E-state index in [1.165, 1.54) is 5.56 Å². The van der Waals surface area contributed by atoms with Gasteiger partial charge in [-0.1, -0.05) is 45.0 Å². The van der Waals surface area contributed by atoms with E-state index in [1.807, 2.05) is 0 Å². The van der Waals surface area contributed by atoms with Gasteiger partial charge in [0, 0.05) is 25.2 Å². The summed E-state index contributed by atoms with van der Waals surface area (Å²) in [6, 6.07) is 8.67. The molecule has 0 radical (unpaired) electrons. The highest BCUT2D eigenvalue weighted by Crippen LogP contribution is 2.48. The number of amides is 1. The molecule has 0 spiro atoms. The Morgan fingerprint density at radius 2 is 1.65 bits per heavy atom. The molecular formula is C22H34N2O2. The van der Waals surface area contributed by atoms with E-state index in [1.54, 1.807) is 0 Å². The summed E-state index contributed by atoms with van der Waals surface area (Å²) < 4.78 is 5.45. The summed E-state index contributed by atoms with van der Waals surface area (Å²) in [5.74, 6) is 0.183. The number of hydrogen-bond donors (Lipinski definition) is 1. The van der Waals surface area contributed by atoms with Crippen molar-refractivity contribution in [3.05, 3.63) is 35.4 Å². The lowest BCUT2D eigenvalue weighted by Gasteiger charge is -2.41. The van der Waals surface area contributed by atoms with Gasteiger partial charge in [-0.15, -0.1) is 0 Å². The third kappa shape index (κ3) is 3.96. The first-order valence-corrected chi connectivity index (χ1v) is 9.87. The highest BCUT2D eigenvalue weighted by molar-refractivity contribution is 5.91. The molecule has 3 rings (SSSR count). The summed E-state index contributed by atoms with van der Waals surface area (Å²) in [6.45, 7) is 15.2. The van der Waals surface area contributed by atoms with Crippen LogP contribution >= 0.6 is 0 Å². The van der Waals surface area contributed by atoms with Crippen LogP contribution in [-0.4, -0.2) is 49.2 Å². The van der Waals surface area contributed by atoms with Crippen molar-refractivity contribution in [2.45, 2.75) is 63.8 Å².